The van der Waals surface area contributed by atoms with Gasteiger partial charge in [-0.1, -0.05) is 6.07 Å². The minimum atomic E-state index is -0.147. The van der Waals surface area contributed by atoms with Crippen molar-refractivity contribution in [3.05, 3.63) is 52.2 Å². The topological polar surface area (TPSA) is 58.2 Å². The van der Waals surface area contributed by atoms with Crippen LogP contribution in [0.4, 0.5) is 5.69 Å². The van der Waals surface area contributed by atoms with E-state index >= 15 is 0 Å². The molecule has 0 fully saturated rings. The van der Waals surface area contributed by atoms with Gasteiger partial charge < -0.3 is 10.6 Å². The molecule has 1 aromatic heterocycles. The van der Waals surface area contributed by atoms with Crippen LogP contribution in [0.15, 0.2) is 41.8 Å². The van der Waals surface area contributed by atoms with E-state index in [9.17, 15) is 9.59 Å². The fourth-order valence-electron chi connectivity index (χ4n) is 1.45. The zero-order valence-corrected chi connectivity index (χ0v) is 10.6. The Morgan fingerprint density at radius 3 is 2.33 bits per heavy atom. The number of anilines is 1. The highest BCUT2D eigenvalue weighted by molar-refractivity contribution is 7.12. The first kappa shape index (κ1) is 12.3. The number of thiophene rings is 1. The lowest BCUT2D eigenvalue weighted by Crippen LogP contribution is -2.17. The SMILES string of the molecule is CNC(=O)c1ccc(NC(=O)c2cccs2)cc1. The maximum absolute atomic E-state index is 11.8. The molecule has 0 bridgehead atoms. The summed E-state index contributed by atoms with van der Waals surface area (Å²) in [5.74, 6) is -0.288. The molecule has 0 radical (unpaired) electrons. The van der Waals surface area contributed by atoms with Crippen molar-refractivity contribution in [3.8, 4) is 0 Å². The van der Waals surface area contributed by atoms with E-state index in [4.69, 9.17) is 0 Å². The van der Waals surface area contributed by atoms with Gasteiger partial charge in [0.2, 0.25) is 0 Å². The van der Waals surface area contributed by atoms with Gasteiger partial charge in [-0.25, -0.2) is 0 Å². The largest absolute Gasteiger partial charge is 0.355 e. The molecule has 0 spiro atoms. The Hall–Kier alpha value is -2.14. The zero-order chi connectivity index (χ0) is 13.0. The normalized spacial score (nSPS) is 9.83. The summed E-state index contributed by atoms with van der Waals surface area (Å²) in [6.45, 7) is 0. The number of hydrogen-bond donors (Lipinski definition) is 2. The van der Waals surface area contributed by atoms with Gasteiger partial charge in [0.1, 0.15) is 0 Å². The summed E-state index contributed by atoms with van der Waals surface area (Å²) in [6.07, 6.45) is 0. The Kier molecular flexibility index (Phi) is 3.74. The van der Waals surface area contributed by atoms with Crippen LogP contribution in [-0.2, 0) is 0 Å². The minimum Gasteiger partial charge on any atom is -0.355 e. The molecule has 18 heavy (non-hydrogen) atoms. The summed E-state index contributed by atoms with van der Waals surface area (Å²) >= 11 is 1.39. The molecule has 2 aromatic rings. The summed E-state index contributed by atoms with van der Waals surface area (Å²) < 4.78 is 0. The predicted octanol–water partition coefficient (Wildman–Crippen LogP) is 2.36. The lowest BCUT2D eigenvalue weighted by Gasteiger charge is -2.04. The predicted molar refractivity (Wildman–Crippen MR) is 72.1 cm³/mol. The van der Waals surface area contributed by atoms with Crippen LogP contribution in [0.1, 0.15) is 20.0 Å². The number of carbonyl (C=O) groups excluding carboxylic acids is 2. The third kappa shape index (κ3) is 2.75. The quantitative estimate of drug-likeness (QED) is 0.890. The Morgan fingerprint density at radius 2 is 1.78 bits per heavy atom. The van der Waals surface area contributed by atoms with E-state index in [1.165, 1.54) is 11.3 Å². The van der Waals surface area contributed by atoms with E-state index in [2.05, 4.69) is 10.6 Å². The van der Waals surface area contributed by atoms with Gasteiger partial charge in [-0.15, -0.1) is 11.3 Å². The van der Waals surface area contributed by atoms with Crippen molar-refractivity contribution >= 4 is 28.8 Å². The maximum atomic E-state index is 11.8. The summed E-state index contributed by atoms with van der Waals surface area (Å²) in [4.78, 5) is 23.8. The number of benzene rings is 1. The second-order valence-electron chi connectivity index (χ2n) is 3.59. The fourth-order valence-corrected chi connectivity index (χ4v) is 2.07. The van der Waals surface area contributed by atoms with Crippen LogP contribution in [0.2, 0.25) is 0 Å². The first-order chi connectivity index (χ1) is 8.70. The maximum Gasteiger partial charge on any atom is 0.265 e. The first-order valence-corrected chi connectivity index (χ1v) is 6.25. The van der Waals surface area contributed by atoms with Crippen LogP contribution in [0.3, 0.4) is 0 Å². The number of hydrogen-bond acceptors (Lipinski definition) is 3. The van der Waals surface area contributed by atoms with Crippen molar-refractivity contribution in [2.75, 3.05) is 12.4 Å². The first-order valence-electron chi connectivity index (χ1n) is 5.37. The molecule has 5 heteroatoms. The Labute approximate surface area is 109 Å². The van der Waals surface area contributed by atoms with Crippen molar-refractivity contribution in [2.24, 2.45) is 0 Å². The Balaban J connectivity index is 2.07. The molecule has 2 N–H and O–H groups in total. The second-order valence-corrected chi connectivity index (χ2v) is 4.54. The second kappa shape index (κ2) is 5.46. The molecule has 0 saturated heterocycles. The van der Waals surface area contributed by atoms with Crippen LogP contribution < -0.4 is 10.6 Å². The number of rotatable bonds is 3. The summed E-state index contributed by atoms with van der Waals surface area (Å²) in [5, 5.41) is 7.16. The average molecular weight is 260 g/mol. The molecule has 1 aromatic carbocycles. The highest BCUT2D eigenvalue weighted by Crippen LogP contribution is 2.14. The van der Waals surface area contributed by atoms with E-state index in [0.29, 0.717) is 16.1 Å². The monoisotopic (exact) mass is 260 g/mol. The molecule has 1 heterocycles. The van der Waals surface area contributed by atoms with Gasteiger partial charge in [0.05, 0.1) is 4.88 Å². The third-order valence-electron chi connectivity index (χ3n) is 2.38. The molecule has 92 valence electrons. The number of nitrogens with one attached hydrogen (secondary N) is 2. The van der Waals surface area contributed by atoms with Gasteiger partial charge in [-0.05, 0) is 35.7 Å². The van der Waals surface area contributed by atoms with Crippen molar-refractivity contribution in [3.63, 3.8) is 0 Å². The van der Waals surface area contributed by atoms with Crippen LogP contribution in [0.25, 0.3) is 0 Å². The molecule has 0 unspecified atom stereocenters. The van der Waals surface area contributed by atoms with E-state index in [-0.39, 0.29) is 11.8 Å². The van der Waals surface area contributed by atoms with E-state index < -0.39 is 0 Å². The third-order valence-corrected chi connectivity index (χ3v) is 3.25. The van der Waals surface area contributed by atoms with Gasteiger partial charge in [-0.2, -0.15) is 0 Å². The Bertz CT molecular complexity index is 547. The lowest BCUT2D eigenvalue weighted by molar-refractivity contribution is 0.0962. The molecule has 0 aliphatic rings. The number of carbonyl (C=O) groups is 2. The van der Waals surface area contributed by atoms with Gasteiger partial charge in [0.15, 0.2) is 0 Å². The molecule has 4 nitrogen and oxygen atoms in total. The van der Waals surface area contributed by atoms with E-state index in [0.717, 1.165) is 0 Å². The smallest absolute Gasteiger partial charge is 0.265 e. The summed E-state index contributed by atoms with van der Waals surface area (Å²) in [7, 11) is 1.58. The van der Waals surface area contributed by atoms with Gasteiger partial charge >= 0.3 is 0 Å². The van der Waals surface area contributed by atoms with Crippen LogP contribution in [0, 0.1) is 0 Å². The molecule has 0 saturated carbocycles. The summed E-state index contributed by atoms with van der Waals surface area (Å²) in [6, 6.07) is 10.3. The van der Waals surface area contributed by atoms with Crippen LogP contribution >= 0.6 is 11.3 Å². The van der Waals surface area contributed by atoms with Crippen molar-refractivity contribution in [2.45, 2.75) is 0 Å². The van der Waals surface area contributed by atoms with Gasteiger partial charge in [-0.3, -0.25) is 9.59 Å². The lowest BCUT2D eigenvalue weighted by atomic mass is 10.2. The molecule has 0 atom stereocenters. The van der Waals surface area contributed by atoms with Gasteiger partial charge in [0, 0.05) is 18.3 Å². The number of amides is 2. The van der Waals surface area contributed by atoms with Crippen molar-refractivity contribution in [1.29, 1.82) is 0 Å². The highest BCUT2D eigenvalue weighted by Gasteiger charge is 2.07. The fraction of sp³-hybridized carbons (Fsp3) is 0.0769. The molecule has 2 amide bonds. The van der Waals surface area contributed by atoms with Gasteiger partial charge in [0.25, 0.3) is 11.8 Å². The molecular formula is C13H12N2O2S. The van der Waals surface area contributed by atoms with Crippen LogP contribution in [-0.4, -0.2) is 18.9 Å². The molecule has 0 aliphatic carbocycles. The minimum absolute atomic E-state index is 0.141. The van der Waals surface area contributed by atoms with Crippen LogP contribution in [0.5, 0.6) is 0 Å². The molecule has 0 aliphatic heterocycles. The average Bonchev–Trinajstić information content (AvgIpc) is 2.92. The highest BCUT2D eigenvalue weighted by atomic mass is 32.1. The van der Waals surface area contributed by atoms with Crippen molar-refractivity contribution in [1.82, 2.24) is 5.32 Å². The van der Waals surface area contributed by atoms with E-state index in [1.807, 2.05) is 11.4 Å². The Morgan fingerprint density at radius 1 is 1.06 bits per heavy atom. The summed E-state index contributed by atoms with van der Waals surface area (Å²) in [5.41, 5.74) is 1.23. The van der Waals surface area contributed by atoms with E-state index in [1.54, 1.807) is 37.4 Å². The molecular weight excluding hydrogens is 248 g/mol. The zero-order valence-electron chi connectivity index (χ0n) is 9.77. The molecule has 2 rings (SSSR count). The van der Waals surface area contributed by atoms with Crippen molar-refractivity contribution < 1.29 is 9.59 Å². The standard InChI is InChI=1S/C13H12N2O2S/c1-14-12(16)9-4-6-10(7-5-9)15-13(17)11-3-2-8-18-11/h2-8H,1H3,(H,14,16)(H,15,17).